The number of halogens is 2. The van der Waals surface area contributed by atoms with Gasteiger partial charge in [-0.25, -0.2) is 14.4 Å². The number of carbonyl (C=O) groups excluding carboxylic acids is 1. The maximum absolute atomic E-state index is 14.2. The number of likely N-dealkylation sites (tertiary alicyclic amines) is 1. The molecule has 3 aliphatic rings. The van der Waals surface area contributed by atoms with E-state index in [0.29, 0.717) is 27.9 Å². The van der Waals surface area contributed by atoms with Crippen LogP contribution in [-0.4, -0.2) is 51.0 Å². The van der Waals surface area contributed by atoms with Gasteiger partial charge in [-0.3, -0.25) is 9.69 Å². The SMILES string of the molecule is CC(=O)c1ccc2nc(CN3CCC4(c5cccc(OCc6ccc(Cl)cc6F)n5)CC4C3)n(C[C@@H]3CCO3)c2c1. The van der Waals surface area contributed by atoms with Crippen LogP contribution >= 0.6 is 11.6 Å². The number of ketones is 1. The molecule has 0 amide bonds. The van der Waals surface area contributed by atoms with Crippen molar-refractivity contribution in [1.29, 1.82) is 0 Å². The summed E-state index contributed by atoms with van der Waals surface area (Å²) in [5, 5.41) is 0.364. The van der Waals surface area contributed by atoms with Crippen molar-refractivity contribution >= 4 is 28.4 Å². The Balaban J connectivity index is 1.05. The molecule has 1 aliphatic carbocycles. The number of Topliss-reactive ketones (excluding diaryl/α,β-unsaturated/α-hetero) is 1. The topological polar surface area (TPSA) is 69.5 Å². The highest BCUT2D eigenvalue weighted by Crippen LogP contribution is 2.59. The van der Waals surface area contributed by atoms with Gasteiger partial charge in [-0.15, -0.1) is 0 Å². The number of imidazole rings is 1. The Kier molecular flexibility index (Phi) is 6.80. The van der Waals surface area contributed by atoms with Crippen LogP contribution in [0.15, 0.2) is 54.6 Å². The summed E-state index contributed by atoms with van der Waals surface area (Å²) in [5.74, 6) is 1.73. The highest BCUT2D eigenvalue weighted by molar-refractivity contribution is 6.30. The summed E-state index contributed by atoms with van der Waals surface area (Å²) in [4.78, 5) is 24.4. The standard InChI is InChI=1S/C32H32ClFN4O3/c1-20(39)21-6-8-27-28(13-21)38(17-25-9-12-40-25)30(35-27)18-37-11-10-32(15-23(32)16-37)29-3-2-4-31(36-29)41-19-22-5-7-24(33)14-26(22)34/h2-8,13-14,23,25H,9-12,15-19H2,1H3/t23?,25-,32?/m0/s1. The van der Waals surface area contributed by atoms with Crippen LogP contribution in [0.5, 0.6) is 5.88 Å². The molecule has 3 fully saturated rings. The van der Waals surface area contributed by atoms with E-state index >= 15 is 0 Å². The van der Waals surface area contributed by atoms with E-state index in [0.717, 1.165) is 74.6 Å². The van der Waals surface area contributed by atoms with Crippen LogP contribution < -0.4 is 4.74 Å². The van der Waals surface area contributed by atoms with Gasteiger partial charge in [0.2, 0.25) is 5.88 Å². The van der Waals surface area contributed by atoms with Crippen molar-refractivity contribution in [3.8, 4) is 5.88 Å². The molecular weight excluding hydrogens is 543 g/mol. The second-order valence-electron chi connectivity index (χ2n) is 11.6. The number of carbonyl (C=O) groups is 1. The van der Waals surface area contributed by atoms with Crippen LogP contribution in [0.1, 0.15) is 53.6 Å². The number of piperidine rings is 1. The monoisotopic (exact) mass is 574 g/mol. The number of pyridine rings is 1. The van der Waals surface area contributed by atoms with Crippen molar-refractivity contribution in [3.63, 3.8) is 0 Å². The molecule has 0 radical (unpaired) electrons. The molecule has 2 aromatic carbocycles. The summed E-state index contributed by atoms with van der Waals surface area (Å²) in [7, 11) is 0. The average molecular weight is 575 g/mol. The lowest BCUT2D eigenvalue weighted by Gasteiger charge is -2.32. The summed E-state index contributed by atoms with van der Waals surface area (Å²) in [6.07, 6.45) is 3.35. The summed E-state index contributed by atoms with van der Waals surface area (Å²) < 4.78 is 28.1. The largest absolute Gasteiger partial charge is 0.473 e. The molecule has 2 saturated heterocycles. The second-order valence-corrected chi connectivity index (χ2v) is 12.0. The summed E-state index contributed by atoms with van der Waals surface area (Å²) in [5.41, 5.74) is 4.20. The number of rotatable bonds is 9. The fourth-order valence-corrected chi connectivity index (χ4v) is 6.54. The van der Waals surface area contributed by atoms with Gasteiger partial charge in [-0.2, -0.15) is 0 Å². The first-order valence-corrected chi connectivity index (χ1v) is 14.6. The van der Waals surface area contributed by atoms with Crippen LogP contribution in [0.3, 0.4) is 0 Å². The van der Waals surface area contributed by atoms with Crippen LogP contribution in [0.2, 0.25) is 5.02 Å². The van der Waals surface area contributed by atoms with Crippen LogP contribution in [0.25, 0.3) is 11.0 Å². The lowest BCUT2D eigenvalue weighted by Crippen LogP contribution is -2.37. The quantitative estimate of drug-likeness (QED) is 0.230. The molecule has 9 heteroatoms. The third-order valence-corrected chi connectivity index (χ3v) is 9.22. The fraction of sp³-hybridized carbons (Fsp3) is 0.406. The van der Waals surface area contributed by atoms with E-state index < -0.39 is 0 Å². The van der Waals surface area contributed by atoms with Gasteiger partial charge in [0, 0.05) is 40.8 Å². The van der Waals surface area contributed by atoms with Crippen molar-refractivity contribution in [3.05, 3.63) is 88.1 Å². The van der Waals surface area contributed by atoms with Gasteiger partial charge >= 0.3 is 0 Å². The van der Waals surface area contributed by atoms with E-state index in [1.807, 2.05) is 30.3 Å². The molecule has 0 spiro atoms. The Morgan fingerprint density at radius 1 is 1.20 bits per heavy atom. The van der Waals surface area contributed by atoms with Gasteiger partial charge in [-0.05, 0) is 75.0 Å². The molecule has 4 aromatic rings. The first kappa shape index (κ1) is 26.6. The zero-order valence-corrected chi connectivity index (χ0v) is 23.7. The van der Waals surface area contributed by atoms with Gasteiger partial charge < -0.3 is 14.0 Å². The summed E-state index contributed by atoms with van der Waals surface area (Å²) >= 11 is 5.87. The maximum atomic E-state index is 14.2. The molecule has 2 aromatic heterocycles. The van der Waals surface area contributed by atoms with E-state index in [1.165, 1.54) is 6.07 Å². The minimum Gasteiger partial charge on any atom is -0.473 e. The zero-order valence-electron chi connectivity index (χ0n) is 23.0. The molecule has 7 rings (SSSR count). The van der Waals surface area contributed by atoms with Gasteiger partial charge in [0.15, 0.2) is 5.78 Å². The predicted octanol–water partition coefficient (Wildman–Crippen LogP) is 5.96. The Morgan fingerprint density at radius 3 is 2.83 bits per heavy atom. The number of hydrogen-bond acceptors (Lipinski definition) is 6. The minimum atomic E-state index is -0.380. The van der Waals surface area contributed by atoms with E-state index in [9.17, 15) is 9.18 Å². The Labute approximate surface area is 243 Å². The lowest BCUT2D eigenvalue weighted by molar-refractivity contribution is -0.0592. The lowest BCUT2D eigenvalue weighted by atomic mass is 9.91. The maximum Gasteiger partial charge on any atom is 0.213 e. The van der Waals surface area contributed by atoms with Crippen molar-refractivity contribution in [2.24, 2.45) is 5.92 Å². The molecule has 2 unspecified atom stereocenters. The third-order valence-electron chi connectivity index (χ3n) is 8.99. The van der Waals surface area contributed by atoms with E-state index in [2.05, 4.69) is 15.5 Å². The first-order valence-electron chi connectivity index (χ1n) is 14.3. The van der Waals surface area contributed by atoms with Gasteiger partial charge in [0.25, 0.3) is 0 Å². The Hall–Kier alpha value is -3.33. The molecule has 212 valence electrons. The normalized spacial score (nSPS) is 23.7. The fourth-order valence-electron chi connectivity index (χ4n) is 6.38. The number of hydrogen-bond donors (Lipinski definition) is 0. The molecule has 3 atom stereocenters. The molecule has 2 aliphatic heterocycles. The molecule has 7 nitrogen and oxygen atoms in total. The molecule has 0 bridgehead atoms. The number of aromatic nitrogens is 3. The highest BCUT2D eigenvalue weighted by atomic mass is 35.5. The zero-order chi connectivity index (χ0) is 28.1. The van der Waals surface area contributed by atoms with E-state index in [1.54, 1.807) is 19.1 Å². The number of ether oxygens (including phenoxy) is 2. The number of benzene rings is 2. The van der Waals surface area contributed by atoms with Crippen LogP contribution in [0, 0.1) is 11.7 Å². The predicted molar refractivity (Wildman–Crippen MR) is 154 cm³/mol. The molecular formula is C32H32ClFN4O3. The van der Waals surface area contributed by atoms with Gasteiger partial charge in [0.05, 0.1) is 35.9 Å². The van der Waals surface area contributed by atoms with Crippen LogP contribution in [-0.2, 0) is 29.8 Å². The van der Waals surface area contributed by atoms with Crippen molar-refractivity contribution in [1.82, 2.24) is 19.4 Å². The van der Waals surface area contributed by atoms with E-state index in [-0.39, 0.29) is 29.7 Å². The van der Waals surface area contributed by atoms with E-state index in [4.69, 9.17) is 31.0 Å². The Bertz CT molecular complexity index is 1640. The van der Waals surface area contributed by atoms with Crippen molar-refractivity contribution in [2.45, 2.75) is 57.4 Å². The van der Waals surface area contributed by atoms with Gasteiger partial charge in [0.1, 0.15) is 18.2 Å². The number of fused-ring (bicyclic) bond motifs is 2. The third kappa shape index (κ3) is 5.13. The van der Waals surface area contributed by atoms with Crippen molar-refractivity contribution < 1.29 is 18.7 Å². The first-order chi connectivity index (χ1) is 19.9. The molecule has 4 heterocycles. The van der Waals surface area contributed by atoms with Crippen molar-refractivity contribution in [2.75, 3.05) is 19.7 Å². The number of nitrogens with zero attached hydrogens (tertiary/aromatic N) is 4. The summed E-state index contributed by atoms with van der Waals surface area (Å²) in [6.45, 7) is 5.94. The van der Waals surface area contributed by atoms with Crippen LogP contribution in [0.4, 0.5) is 4.39 Å². The smallest absolute Gasteiger partial charge is 0.213 e. The minimum absolute atomic E-state index is 0.0578. The summed E-state index contributed by atoms with van der Waals surface area (Å²) in [6, 6.07) is 16.3. The average Bonchev–Trinajstić information content (AvgIpc) is 3.58. The molecule has 0 N–H and O–H groups in total. The molecule has 1 saturated carbocycles. The highest BCUT2D eigenvalue weighted by Gasteiger charge is 2.58. The van der Waals surface area contributed by atoms with Gasteiger partial charge in [-0.1, -0.05) is 23.7 Å². The Morgan fingerprint density at radius 2 is 2.07 bits per heavy atom. The molecule has 41 heavy (non-hydrogen) atoms. The second kappa shape index (κ2) is 10.5.